The maximum Gasteiger partial charge on any atom is 0.138 e. The van der Waals surface area contributed by atoms with Crippen LogP contribution in [0.25, 0.3) is 0 Å². The molecule has 0 aromatic heterocycles. The van der Waals surface area contributed by atoms with E-state index in [1.54, 1.807) is 6.07 Å². The van der Waals surface area contributed by atoms with Crippen molar-refractivity contribution >= 4 is 15.9 Å². The fourth-order valence-electron chi connectivity index (χ4n) is 1.96. The molecule has 4 heteroatoms. The second-order valence-corrected chi connectivity index (χ2v) is 5.13. The van der Waals surface area contributed by atoms with Gasteiger partial charge in [-0.1, -0.05) is 22.4 Å². The Morgan fingerprint density at radius 1 is 1.47 bits per heavy atom. The normalized spacial score (nSPS) is 19.6. The quantitative estimate of drug-likeness (QED) is 0.932. The van der Waals surface area contributed by atoms with Crippen LogP contribution in [0.3, 0.4) is 0 Å². The van der Waals surface area contributed by atoms with Crippen LogP contribution < -0.4 is 10.1 Å². The number of hydrogen-bond donors (Lipinski definition) is 1. The highest BCUT2D eigenvalue weighted by Gasteiger charge is 2.14. The van der Waals surface area contributed by atoms with Gasteiger partial charge in [0.15, 0.2) is 0 Å². The van der Waals surface area contributed by atoms with Gasteiger partial charge >= 0.3 is 0 Å². The van der Waals surface area contributed by atoms with Gasteiger partial charge in [-0.25, -0.2) is 0 Å². The Balaban J connectivity index is 1.98. The molecule has 0 spiro atoms. The first kappa shape index (κ1) is 12.4. The van der Waals surface area contributed by atoms with Crippen molar-refractivity contribution in [3.8, 4) is 11.8 Å². The molecule has 90 valence electrons. The zero-order chi connectivity index (χ0) is 12.1. The molecule has 0 amide bonds. The number of halogens is 1. The van der Waals surface area contributed by atoms with Gasteiger partial charge in [0, 0.05) is 10.5 Å². The minimum atomic E-state index is 0.411. The molecule has 1 aliphatic rings. The number of nitrogens with zero attached hydrogens (tertiary/aromatic N) is 1. The van der Waals surface area contributed by atoms with Crippen molar-refractivity contribution in [2.75, 3.05) is 13.2 Å². The van der Waals surface area contributed by atoms with Crippen LogP contribution in [-0.4, -0.2) is 19.2 Å². The van der Waals surface area contributed by atoms with E-state index < -0.39 is 0 Å². The van der Waals surface area contributed by atoms with Gasteiger partial charge in [-0.3, -0.25) is 0 Å². The summed E-state index contributed by atoms with van der Waals surface area (Å²) in [6.07, 6.45) is 3.65. The summed E-state index contributed by atoms with van der Waals surface area (Å²) in [4.78, 5) is 0. The Morgan fingerprint density at radius 2 is 2.35 bits per heavy atom. The number of nitrogens with one attached hydrogen (secondary N) is 1. The summed E-state index contributed by atoms with van der Waals surface area (Å²) in [5.74, 6) is 0.661. The molecule has 1 aromatic carbocycles. The topological polar surface area (TPSA) is 45.0 Å². The molecule has 17 heavy (non-hydrogen) atoms. The summed E-state index contributed by atoms with van der Waals surface area (Å²) in [6.45, 7) is 1.70. The third-order valence-corrected chi connectivity index (χ3v) is 3.41. The number of piperidine rings is 1. The highest BCUT2D eigenvalue weighted by Crippen LogP contribution is 2.23. The average Bonchev–Trinajstić information content (AvgIpc) is 2.38. The van der Waals surface area contributed by atoms with Crippen LogP contribution in [0.5, 0.6) is 5.75 Å². The molecule has 0 radical (unpaired) electrons. The van der Waals surface area contributed by atoms with Crippen LogP contribution in [-0.2, 0) is 0 Å². The van der Waals surface area contributed by atoms with E-state index in [9.17, 15) is 0 Å². The molecule has 2 rings (SSSR count). The first-order valence-electron chi connectivity index (χ1n) is 5.85. The highest BCUT2D eigenvalue weighted by molar-refractivity contribution is 9.10. The molecule has 0 bridgehead atoms. The fraction of sp³-hybridized carbons (Fsp3) is 0.462. The van der Waals surface area contributed by atoms with Gasteiger partial charge in [-0.2, -0.15) is 5.26 Å². The second-order valence-electron chi connectivity index (χ2n) is 4.21. The molecule has 0 saturated carbocycles. The zero-order valence-corrected chi connectivity index (χ0v) is 11.2. The van der Waals surface area contributed by atoms with Crippen molar-refractivity contribution in [2.45, 2.75) is 25.3 Å². The standard InChI is InChI=1S/C13H15BrN2O/c14-11-5-4-10(8-15)13(7-11)17-9-12-3-1-2-6-16-12/h4-5,7,12,16H,1-3,6,9H2. The SMILES string of the molecule is N#Cc1ccc(Br)cc1OCC1CCCCN1. The predicted molar refractivity (Wildman–Crippen MR) is 70.0 cm³/mol. The Bertz CT molecular complexity index is 422. The molecule has 1 fully saturated rings. The van der Waals surface area contributed by atoms with Gasteiger partial charge in [0.25, 0.3) is 0 Å². The molecule has 1 aromatic rings. The molecule has 1 unspecified atom stereocenters. The molecule has 0 aliphatic carbocycles. The van der Waals surface area contributed by atoms with Gasteiger partial charge in [-0.05, 0) is 37.6 Å². The van der Waals surface area contributed by atoms with Crippen molar-refractivity contribution in [3.63, 3.8) is 0 Å². The van der Waals surface area contributed by atoms with E-state index in [4.69, 9.17) is 10.00 Å². The molecule has 1 saturated heterocycles. The minimum Gasteiger partial charge on any atom is -0.491 e. The molecule has 1 aliphatic heterocycles. The lowest BCUT2D eigenvalue weighted by Gasteiger charge is -2.23. The Morgan fingerprint density at radius 3 is 3.06 bits per heavy atom. The van der Waals surface area contributed by atoms with Crippen LogP contribution in [0.4, 0.5) is 0 Å². The first-order valence-corrected chi connectivity index (χ1v) is 6.65. The molecular weight excluding hydrogens is 280 g/mol. The maximum absolute atomic E-state index is 8.99. The van der Waals surface area contributed by atoms with Gasteiger partial charge in [0.2, 0.25) is 0 Å². The van der Waals surface area contributed by atoms with Gasteiger partial charge in [0.1, 0.15) is 18.4 Å². The van der Waals surface area contributed by atoms with Gasteiger partial charge in [0.05, 0.1) is 5.56 Å². The summed E-state index contributed by atoms with van der Waals surface area (Å²) < 4.78 is 6.67. The number of hydrogen-bond acceptors (Lipinski definition) is 3. The first-order chi connectivity index (χ1) is 8.29. The van der Waals surface area contributed by atoms with E-state index in [1.807, 2.05) is 12.1 Å². The zero-order valence-electron chi connectivity index (χ0n) is 9.58. The largest absolute Gasteiger partial charge is 0.491 e. The van der Waals surface area contributed by atoms with E-state index in [0.717, 1.165) is 17.4 Å². The van der Waals surface area contributed by atoms with Crippen molar-refractivity contribution in [2.24, 2.45) is 0 Å². The third kappa shape index (κ3) is 3.45. The number of rotatable bonds is 3. The third-order valence-electron chi connectivity index (χ3n) is 2.92. The summed E-state index contributed by atoms with van der Waals surface area (Å²) in [6, 6.07) is 8.03. The lowest BCUT2D eigenvalue weighted by Crippen LogP contribution is -2.38. The van der Waals surface area contributed by atoms with Crippen molar-refractivity contribution in [1.82, 2.24) is 5.32 Å². The maximum atomic E-state index is 8.99. The summed E-state index contributed by atoms with van der Waals surface area (Å²) >= 11 is 3.39. The second kappa shape index (κ2) is 6.04. The minimum absolute atomic E-state index is 0.411. The number of ether oxygens (including phenoxy) is 1. The summed E-state index contributed by atoms with van der Waals surface area (Å²) in [7, 11) is 0. The summed E-state index contributed by atoms with van der Waals surface area (Å²) in [5, 5.41) is 12.4. The molecule has 1 atom stereocenters. The van der Waals surface area contributed by atoms with Crippen LogP contribution in [0.1, 0.15) is 24.8 Å². The van der Waals surface area contributed by atoms with E-state index in [-0.39, 0.29) is 0 Å². The fourth-order valence-corrected chi connectivity index (χ4v) is 2.30. The Labute approximate surface area is 110 Å². The smallest absolute Gasteiger partial charge is 0.138 e. The Kier molecular flexibility index (Phi) is 4.41. The van der Waals surface area contributed by atoms with Crippen LogP contribution in [0, 0.1) is 11.3 Å². The number of benzene rings is 1. The van der Waals surface area contributed by atoms with E-state index in [0.29, 0.717) is 24.0 Å². The van der Waals surface area contributed by atoms with Crippen LogP contribution in [0.2, 0.25) is 0 Å². The van der Waals surface area contributed by atoms with Crippen LogP contribution in [0.15, 0.2) is 22.7 Å². The van der Waals surface area contributed by atoms with Crippen molar-refractivity contribution < 1.29 is 4.74 Å². The van der Waals surface area contributed by atoms with E-state index in [1.165, 1.54) is 12.8 Å². The Hall–Kier alpha value is -1.05. The lowest BCUT2D eigenvalue weighted by molar-refractivity contribution is 0.238. The lowest BCUT2D eigenvalue weighted by atomic mass is 10.1. The van der Waals surface area contributed by atoms with E-state index >= 15 is 0 Å². The van der Waals surface area contributed by atoms with Gasteiger partial charge < -0.3 is 10.1 Å². The van der Waals surface area contributed by atoms with Crippen molar-refractivity contribution in [1.29, 1.82) is 5.26 Å². The molecule has 1 heterocycles. The highest BCUT2D eigenvalue weighted by atomic mass is 79.9. The number of nitriles is 1. The monoisotopic (exact) mass is 294 g/mol. The molecule has 1 N–H and O–H groups in total. The summed E-state index contributed by atoms with van der Waals surface area (Å²) in [5.41, 5.74) is 0.587. The van der Waals surface area contributed by atoms with E-state index in [2.05, 4.69) is 27.3 Å². The van der Waals surface area contributed by atoms with Crippen molar-refractivity contribution in [3.05, 3.63) is 28.2 Å². The van der Waals surface area contributed by atoms with Gasteiger partial charge in [-0.15, -0.1) is 0 Å². The molecule has 3 nitrogen and oxygen atoms in total. The molecular formula is C13H15BrN2O. The van der Waals surface area contributed by atoms with Crippen LogP contribution >= 0.6 is 15.9 Å². The predicted octanol–water partition coefficient (Wildman–Crippen LogP) is 2.84. The average molecular weight is 295 g/mol.